The molecule has 4 nitrogen and oxygen atoms in total. The summed E-state index contributed by atoms with van der Waals surface area (Å²) >= 11 is 0. The van der Waals surface area contributed by atoms with Crippen LogP contribution in [0, 0.1) is 6.92 Å². The molecule has 0 spiro atoms. The second-order valence-corrected chi connectivity index (χ2v) is 6.34. The fourth-order valence-electron chi connectivity index (χ4n) is 3.07. The Bertz CT molecular complexity index is 669. The van der Waals surface area contributed by atoms with Gasteiger partial charge in [0, 0.05) is 6.54 Å². The van der Waals surface area contributed by atoms with E-state index < -0.39 is 0 Å². The van der Waals surface area contributed by atoms with Crippen molar-refractivity contribution in [3.05, 3.63) is 71.3 Å². The SMILES string of the molecule is Cc1ccc([C@@H]2C[C@@H](O)CCN2C(=O)OCc2ccccc2)cc1. The van der Waals surface area contributed by atoms with E-state index in [0.29, 0.717) is 19.4 Å². The molecule has 126 valence electrons. The highest BCUT2D eigenvalue weighted by atomic mass is 16.6. The van der Waals surface area contributed by atoms with Gasteiger partial charge in [0.25, 0.3) is 0 Å². The summed E-state index contributed by atoms with van der Waals surface area (Å²) < 4.78 is 5.48. The van der Waals surface area contributed by atoms with Gasteiger partial charge in [-0.15, -0.1) is 0 Å². The molecule has 0 bridgehead atoms. The Morgan fingerprint density at radius 2 is 1.88 bits per heavy atom. The van der Waals surface area contributed by atoms with Gasteiger partial charge in [-0.05, 0) is 30.9 Å². The molecule has 0 aliphatic carbocycles. The highest BCUT2D eigenvalue weighted by Crippen LogP contribution is 2.32. The number of aliphatic hydroxyl groups is 1. The lowest BCUT2D eigenvalue weighted by Crippen LogP contribution is -2.42. The van der Waals surface area contributed by atoms with Crippen molar-refractivity contribution >= 4 is 6.09 Å². The predicted molar refractivity (Wildman–Crippen MR) is 92.5 cm³/mol. The van der Waals surface area contributed by atoms with E-state index in [-0.39, 0.29) is 24.8 Å². The maximum atomic E-state index is 12.6. The molecule has 4 heteroatoms. The number of likely N-dealkylation sites (tertiary alicyclic amines) is 1. The summed E-state index contributed by atoms with van der Waals surface area (Å²) in [6.45, 7) is 2.80. The number of ether oxygens (including phenoxy) is 1. The highest BCUT2D eigenvalue weighted by Gasteiger charge is 2.32. The normalized spacial score (nSPS) is 20.7. The van der Waals surface area contributed by atoms with E-state index in [1.165, 1.54) is 5.56 Å². The van der Waals surface area contributed by atoms with E-state index in [9.17, 15) is 9.90 Å². The van der Waals surface area contributed by atoms with Crippen molar-refractivity contribution in [1.82, 2.24) is 4.90 Å². The average Bonchev–Trinajstić information content (AvgIpc) is 2.61. The molecular formula is C20H23NO3. The minimum Gasteiger partial charge on any atom is -0.445 e. The third-order valence-electron chi connectivity index (χ3n) is 4.48. The lowest BCUT2D eigenvalue weighted by molar-refractivity contribution is 0.0259. The summed E-state index contributed by atoms with van der Waals surface area (Å²) in [5, 5.41) is 10.0. The first-order chi connectivity index (χ1) is 11.6. The van der Waals surface area contributed by atoms with Crippen molar-refractivity contribution in [2.24, 2.45) is 0 Å². The summed E-state index contributed by atoms with van der Waals surface area (Å²) in [7, 11) is 0. The van der Waals surface area contributed by atoms with Gasteiger partial charge in [0.05, 0.1) is 12.1 Å². The van der Waals surface area contributed by atoms with Crippen LogP contribution in [0.2, 0.25) is 0 Å². The van der Waals surface area contributed by atoms with Crippen LogP contribution in [0.15, 0.2) is 54.6 Å². The largest absolute Gasteiger partial charge is 0.445 e. The summed E-state index contributed by atoms with van der Waals surface area (Å²) in [4.78, 5) is 14.3. The van der Waals surface area contributed by atoms with Crippen molar-refractivity contribution in [2.45, 2.75) is 38.5 Å². The van der Waals surface area contributed by atoms with Crippen LogP contribution in [0.5, 0.6) is 0 Å². The third kappa shape index (κ3) is 3.95. The first-order valence-electron chi connectivity index (χ1n) is 8.35. The standard InChI is InChI=1S/C20H23NO3/c1-15-7-9-17(10-8-15)19-13-18(22)11-12-21(19)20(23)24-14-16-5-3-2-4-6-16/h2-10,18-19,22H,11-14H2,1H3/t18-,19-/m0/s1. The molecular weight excluding hydrogens is 302 g/mol. The van der Waals surface area contributed by atoms with Crippen LogP contribution in [0.25, 0.3) is 0 Å². The second-order valence-electron chi connectivity index (χ2n) is 6.34. The predicted octanol–water partition coefficient (Wildman–Crippen LogP) is 3.83. The zero-order chi connectivity index (χ0) is 16.9. The van der Waals surface area contributed by atoms with Crippen molar-refractivity contribution < 1.29 is 14.6 Å². The van der Waals surface area contributed by atoms with Crippen LogP contribution in [0.3, 0.4) is 0 Å². The lowest BCUT2D eigenvalue weighted by atomic mass is 9.93. The van der Waals surface area contributed by atoms with E-state index in [4.69, 9.17) is 4.74 Å². The zero-order valence-corrected chi connectivity index (χ0v) is 13.9. The fourth-order valence-corrected chi connectivity index (χ4v) is 3.07. The quantitative estimate of drug-likeness (QED) is 0.933. The van der Waals surface area contributed by atoms with Crippen LogP contribution >= 0.6 is 0 Å². The Hall–Kier alpha value is -2.33. The summed E-state index contributed by atoms with van der Waals surface area (Å²) in [5.41, 5.74) is 3.18. The number of hydrogen-bond acceptors (Lipinski definition) is 3. The van der Waals surface area contributed by atoms with Crippen LogP contribution in [0.1, 0.15) is 35.6 Å². The molecule has 0 radical (unpaired) electrons. The van der Waals surface area contributed by atoms with Crippen molar-refractivity contribution in [3.63, 3.8) is 0 Å². The molecule has 0 saturated carbocycles. The number of piperidine rings is 1. The number of amides is 1. The van der Waals surface area contributed by atoms with Gasteiger partial charge in [0.15, 0.2) is 0 Å². The Kier molecular flexibility index (Phi) is 5.16. The van der Waals surface area contributed by atoms with Gasteiger partial charge >= 0.3 is 6.09 Å². The van der Waals surface area contributed by atoms with Crippen molar-refractivity contribution in [2.75, 3.05) is 6.54 Å². The van der Waals surface area contributed by atoms with Crippen LogP contribution in [-0.2, 0) is 11.3 Å². The van der Waals surface area contributed by atoms with Crippen molar-refractivity contribution in [3.8, 4) is 0 Å². The molecule has 1 aliphatic heterocycles. The molecule has 3 rings (SSSR count). The number of aryl methyl sites for hydroxylation is 1. The minimum absolute atomic E-state index is 0.141. The lowest BCUT2D eigenvalue weighted by Gasteiger charge is -2.37. The molecule has 0 aromatic heterocycles. The number of aliphatic hydroxyl groups excluding tert-OH is 1. The van der Waals surface area contributed by atoms with E-state index in [1.807, 2.05) is 61.5 Å². The van der Waals surface area contributed by atoms with Gasteiger partial charge in [-0.25, -0.2) is 4.79 Å². The van der Waals surface area contributed by atoms with Crippen LogP contribution in [-0.4, -0.2) is 28.7 Å². The summed E-state index contributed by atoms with van der Waals surface area (Å²) in [6, 6.07) is 17.6. The number of rotatable bonds is 3. The van der Waals surface area contributed by atoms with E-state index >= 15 is 0 Å². The van der Waals surface area contributed by atoms with Gasteiger partial charge in [0.2, 0.25) is 0 Å². The molecule has 2 atom stereocenters. The zero-order valence-electron chi connectivity index (χ0n) is 13.9. The molecule has 2 aromatic carbocycles. The highest BCUT2D eigenvalue weighted by molar-refractivity contribution is 5.68. The van der Waals surface area contributed by atoms with E-state index in [0.717, 1.165) is 11.1 Å². The maximum Gasteiger partial charge on any atom is 0.410 e. The van der Waals surface area contributed by atoms with Gasteiger partial charge < -0.3 is 14.7 Å². The number of hydrogen-bond donors (Lipinski definition) is 1. The molecule has 1 fully saturated rings. The Morgan fingerprint density at radius 1 is 1.17 bits per heavy atom. The Balaban J connectivity index is 1.71. The van der Waals surface area contributed by atoms with E-state index in [1.54, 1.807) is 4.90 Å². The van der Waals surface area contributed by atoms with Gasteiger partial charge in [0.1, 0.15) is 6.61 Å². The molecule has 0 unspecified atom stereocenters. The van der Waals surface area contributed by atoms with Crippen LogP contribution < -0.4 is 0 Å². The minimum atomic E-state index is -0.380. The first-order valence-corrected chi connectivity index (χ1v) is 8.35. The molecule has 2 aromatic rings. The van der Waals surface area contributed by atoms with E-state index in [2.05, 4.69) is 0 Å². The van der Waals surface area contributed by atoms with Crippen LogP contribution in [0.4, 0.5) is 4.79 Å². The number of nitrogens with zero attached hydrogens (tertiary/aromatic N) is 1. The molecule has 1 aliphatic rings. The van der Waals surface area contributed by atoms with Gasteiger partial charge in [-0.1, -0.05) is 60.2 Å². The summed E-state index contributed by atoms with van der Waals surface area (Å²) in [5.74, 6) is 0. The Labute approximate surface area is 142 Å². The number of benzene rings is 2. The number of carbonyl (C=O) groups excluding carboxylic acids is 1. The topological polar surface area (TPSA) is 49.8 Å². The smallest absolute Gasteiger partial charge is 0.410 e. The Morgan fingerprint density at radius 3 is 2.58 bits per heavy atom. The molecule has 1 amide bonds. The second kappa shape index (κ2) is 7.49. The summed E-state index contributed by atoms with van der Waals surface area (Å²) in [6.07, 6.45) is 0.428. The number of carbonyl (C=O) groups is 1. The van der Waals surface area contributed by atoms with Crippen molar-refractivity contribution in [1.29, 1.82) is 0 Å². The average molecular weight is 325 g/mol. The molecule has 1 heterocycles. The fraction of sp³-hybridized carbons (Fsp3) is 0.350. The third-order valence-corrected chi connectivity index (χ3v) is 4.48. The molecule has 1 saturated heterocycles. The van der Waals surface area contributed by atoms with Gasteiger partial charge in [-0.3, -0.25) is 0 Å². The molecule has 1 N–H and O–H groups in total. The molecule has 24 heavy (non-hydrogen) atoms. The maximum absolute atomic E-state index is 12.6. The first kappa shape index (κ1) is 16.5. The van der Waals surface area contributed by atoms with Gasteiger partial charge in [-0.2, -0.15) is 0 Å². The monoisotopic (exact) mass is 325 g/mol.